The van der Waals surface area contributed by atoms with E-state index in [1.807, 2.05) is 35.2 Å². The highest BCUT2D eigenvalue weighted by molar-refractivity contribution is 7.89. The molecule has 0 bridgehead atoms. The molecule has 184 valence electrons. The fourth-order valence-corrected chi connectivity index (χ4v) is 6.11. The lowest BCUT2D eigenvalue weighted by Gasteiger charge is -2.34. The summed E-state index contributed by atoms with van der Waals surface area (Å²) in [5, 5.41) is 12.1. The number of sulfonamides is 1. The number of benzene rings is 2. The van der Waals surface area contributed by atoms with Crippen LogP contribution in [0.3, 0.4) is 0 Å². The van der Waals surface area contributed by atoms with Gasteiger partial charge in [0.1, 0.15) is 0 Å². The van der Waals surface area contributed by atoms with E-state index in [1.54, 1.807) is 33.3 Å². The van der Waals surface area contributed by atoms with Crippen molar-refractivity contribution in [1.29, 1.82) is 0 Å². The SMILES string of the molecule is O=C(Cc1ccc(S(=O)(=O)N2CCCCC2)cc1)N1CCN(c2nnnn2-c2ccccc2)CC1. The Morgan fingerprint density at radius 2 is 1.51 bits per heavy atom. The lowest BCUT2D eigenvalue weighted by molar-refractivity contribution is -0.130. The van der Waals surface area contributed by atoms with Crippen LogP contribution in [0.5, 0.6) is 0 Å². The largest absolute Gasteiger partial charge is 0.339 e. The van der Waals surface area contributed by atoms with Crippen molar-refractivity contribution in [3.05, 3.63) is 60.2 Å². The summed E-state index contributed by atoms with van der Waals surface area (Å²) in [6.07, 6.45) is 3.12. The van der Waals surface area contributed by atoms with Crippen molar-refractivity contribution in [3.8, 4) is 5.69 Å². The minimum Gasteiger partial charge on any atom is -0.339 e. The molecule has 2 aliphatic heterocycles. The smallest absolute Gasteiger partial charge is 0.250 e. The summed E-state index contributed by atoms with van der Waals surface area (Å²) in [5.74, 6) is 0.688. The van der Waals surface area contributed by atoms with E-state index in [-0.39, 0.29) is 12.3 Å². The summed E-state index contributed by atoms with van der Waals surface area (Å²) in [6.45, 7) is 3.56. The number of hydrogen-bond donors (Lipinski definition) is 0. The summed E-state index contributed by atoms with van der Waals surface area (Å²) >= 11 is 0. The van der Waals surface area contributed by atoms with Gasteiger partial charge in [-0.3, -0.25) is 4.79 Å². The molecule has 0 atom stereocenters. The lowest BCUT2D eigenvalue weighted by atomic mass is 10.1. The van der Waals surface area contributed by atoms with E-state index in [9.17, 15) is 13.2 Å². The topological polar surface area (TPSA) is 105 Å². The van der Waals surface area contributed by atoms with E-state index in [1.165, 1.54) is 0 Å². The minimum absolute atomic E-state index is 0.0268. The molecule has 35 heavy (non-hydrogen) atoms. The zero-order valence-electron chi connectivity index (χ0n) is 19.5. The first-order valence-corrected chi connectivity index (χ1v) is 13.4. The van der Waals surface area contributed by atoms with Gasteiger partial charge in [0.05, 0.1) is 17.0 Å². The Morgan fingerprint density at radius 1 is 0.829 bits per heavy atom. The van der Waals surface area contributed by atoms with Gasteiger partial charge in [-0.05, 0) is 53.1 Å². The van der Waals surface area contributed by atoms with Crippen molar-refractivity contribution in [2.45, 2.75) is 30.6 Å². The van der Waals surface area contributed by atoms with Crippen molar-refractivity contribution < 1.29 is 13.2 Å². The van der Waals surface area contributed by atoms with E-state index in [2.05, 4.69) is 20.4 Å². The quantitative estimate of drug-likeness (QED) is 0.513. The Morgan fingerprint density at radius 3 is 2.20 bits per heavy atom. The third-order valence-corrected chi connectivity index (χ3v) is 8.51. The minimum atomic E-state index is -3.46. The number of piperazine rings is 1. The average Bonchev–Trinajstić information content (AvgIpc) is 3.40. The van der Waals surface area contributed by atoms with E-state index < -0.39 is 10.0 Å². The summed E-state index contributed by atoms with van der Waals surface area (Å²) < 4.78 is 28.9. The highest BCUT2D eigenvalue weighted by Gasteiger charge is 2.27. The van der Waals surface area contributed by atoms with E-state index in [0.717, 1.165) is 30.5 Å². The van der Waals surface area contributed by atoms with Crippen LogP contribution >= 0.6 is 0 Å². The van der Waals surface area contributed by atoms with Gasteiger partial charge in [0.2, 0.25) is 21.9 Å². The molecule has 2 aliphatic rings. The number of anilines is 1. The van der Waals surface area contributed by atoms with Gasteiger partial charge in [0, 0.05) is 39.3 Å². The van der Waals surface area contributed by atoms with Crippen molar-refractivity contribution in [2.24, 2.45) is 0 Å². The molecule has 0 radical (unpaired) electrons. The second-order valence-electron chi connectivity index (χ2n) is 8.88. The number of hydrogen-bond acceptors (Lipinski definition) is 7. The van der Waals surface area contributed by atoms with Crippen molar-refractivity contribution in [3.63, 3.8) is 0 Å². The number of nitrogens with zero attached hydrogens (tertiary/aromatic N) is 7. The van der Waals surface area contributed by atoms with Gasteiger partial charge < -0.3 is 9.80 Å². The Labute approximate surface area is 205 Å². The van der Waals surface area contributed by atoms with Gasteiger partial charge >= 0.3 is 0 Å². The van der Waals surface area contributed by atoms with Crippen LogP contribution in [0.2, 0.25) is 0 Å². The molecule has 0 saturated carbocycles. The number of amides is 1. The molecule has 3 heterocycles. The van der Waals surface area contributed by atoms with Crippen molar-refractivity contribution >= 4 is 21.9 Å². The highest BCUT2D eigenvalue weighted by Crippen LogP contribution is 2.22. The molecule has 2 aromatic carbocycles. The van der Waals surface area contributed by atoms with Crippen LogP contribution in [0.15, 0.2) is 59.5 Å². The van der Waals surface area contributed by atoms with Crippen molar-refractivity contribution in [2.75, 3.05) is 44.2 Å². The molecule has 11 heteroatoms. The molecule has 0 aliphatic carbocycles. The number of piperidine rings is 1. The number of para-hydroxylation sites is 1. The summed E-state index contributed by atoms with van der Waals surface area (Å²) in [4.78, 5) is 17.1. The van der Waals surface area contributed by atoms with E-state index in [4.69, 9.17) is 0 Å². The molecule has 0 unspecified atom stereocenters. The van der Waals surface area contributed by atoms with Gasteiger partial charge in [-0.2, -0.15) is 8.99 Å². The van der Waals surface area contributed by atoms with Gasteiger partial charge in [0.25, 0.3) is 0 Å². The van der Waals surface area contributed by atoms with Gasteiger partial charge in [-0.15, -0.1) is 0 Å². The lowest BCUT2D eigenvalue weighted by Crippen LogP contribution is -2.50. The van der Waals surface area contributed by atoms with Gasteiger partial charge in [0.15, 0.2) is 0 Å². The fourth-order valence-electron chi connectivity index (χ4n) is 4.59. The zero-order valence-corrected chi connectivity index (χ0v) is 20.3. The van der Waals surface area contributed by atoms with E-state index in [0.29, 0.717) is 50.1 Å². The summed E-state index contributed by atoms with van der Waals surface area (Å²) in [6, 6.07) is 16.4. The normalized spacial score (nSPS) is 17.5. The van der Waals surface area contributed by atoms with Crippen LogP contribution in [-0.4, -0.2) is 83.0 Å². The Hall–Kier alpha value is -3.31. The van der Waals surface area contributed by atoms with Crippen LogP contribution in [0, 0.1) is 0 Å². The molecule has 10 nitrogen and oxygen atoms in total. The Balaban J connectivity index is 1.18. The first-order chi connectivity index (χ1) is 17.0. The van der Waals surface area contributed by atoms with E-state index >= 15 is 0 Å². The van der Waals surface area contributed by atoms with Gasteiger partial charge in [-0.1, -0.05) is 41.9 Å². The molecule has 1 aromatic heterocycles. The zero-order chi connectivity index (χ0) is 24.3. The fraction of sp³-hybridized carbons (Fsp3) is 0.417. The van der Waals surface area contributed by atoms with Crippen LogP contribution < -0.4 is 4.90 Å². The molecule has 0 spiro atoms. The molecule has 1 amide bonds. The third kappa shape index (κ3) is 5.06. The van der Waals surface area contributed by atoms with Crippen molar-refractivity contribution in [1.82, 2.24) is 29.4 Å². The number of aromatic nitrogens is 4. The number of tetrazole rings is 1. The first-order valence-electron chi connectivity index (χ1n) is 12.0. The van der Waals surface area contributed by atoms with Gasteiger partial charge in [-0.25, -0.2) is 8.42 Å². The van der Waals surface area contributed by atoms with Crippen LogP contribution in [0.4, 0.5) is 5.95 Å². The maximum atomic E-state index is 12.9. The average molecular weight is 496 g/mol. The van der Waals surface area contributed by atoms with Crippen LogP contribution in [0.1, 0.15) is 24.8 Å². The Bertz CT molecular complexity index is 1250. The summed E-state index contributed by atoms with van der Waals surface area (Å²) in [5.41, 5.74) is 1.69. The third-order valence-electron chi connectivity index (χ3n) is 6.60. The monoisotopic (exact) mass is 495 g/mol. The van der Waals surface area contributed by atoms with Crippen LogP contribution in [0.25, 0.3) is 5.69 Å². The number of rotatable bonds is 6. The first kappa shape index (κ1) is 23.4. The molecule has 0 N–H and O–H groups in total. The number of carbonyl (C=O) groups is 1. The van der Waals surface area contributed by atoms with Crippen LogP contribution in [-0.2, 0) is 21.2 Å². The molecular formula is C24H29N7O3S. The molecule has 3 aromatic rings. The predicted molar refractivity (Wildman–Crippen MR) is 131 cm³/mol. The summed E-state index contributed by atoms with van der Waals surface area (Å²) in [7, 11) is -3.46. The Kier molecular flexibility index (Phi) is 6.78. The maximum Gasteiger partial charge on any atom is 0.250 e. The predicted octanol–water partition coefficient (Wildman–Crippen LogP) is 1.73. The molecule has 2 fully saturated rings. The maximum absolute atomic E-state index is 12.9. The number of carbonyl (C=O) groups excluding carboxylic acids is 1. The standard InChI is InChI=1S/C24H29N7O3S/c32-23(19-20-9-11-22(12-10-20)35(33,34)30-13-5-2-6-14-30)28-15-17-29(18-16-28)24-25-26-27-31(24)21-7-3-1-4-8-21/h1,3-4,7-12H,2,5-6,13-19H2. The molecule has 2 saturated heterocycles. The molecule has 5 rings (SSSR count). The molecular weight excluding hydrogens is 466 g/mol. The highest BCUT2D eigenvalue weighted by atomic mass is 32.2. The second-order valence-corrected chi connectivity index (χ2v) is 10.8. The second kappa shape index (κ2) is 10.1.